The number of aryl methyl sites for hydroxylation is 1. The number of esters is 1. The fraction of sp³-hybridized carbons (Fsp3) is 0.529. The Bertz CT molecular complexity index is 647. The molecule has 4 nitrogen and oxygen atoms in total. The van der Waals surface area contributed by atoms with Crippen LogP contribution in [-0.2, 0) is 20.7 Å². The van der Waals surface area contributed by atoms with Crippen LogP contribution in [0.3, 0.4) is 0 Å². The lowest BCUT2D eigenvalue weighted by atomic mass is 9.79. The summed E-state index contributed by atoms with van der Waals surface area (Å²) < 4.78 is 5.46. The molecule has 1 aromatic carbocycles. The second-order valence-corrected chi connectivity index (χ2v) is 7.52. The lowest BCUT2D eigenvalue weighted by Gasteiger charge is -2.27. The van der Waals surface area contributed by atoms with E-state index in [9.17, 15) is 9.59 Å². The van der Waals surface area contributed by atoms with Crippen molar-refractivity contribution < 1.29 is 14.3 Å². The zero-order valence-electron chi connectivity index (χ0n) is 12.3. The molecule has 1 saturated heterocycles. The van der Waals surface area contributed by atoms with Crippen molar-refractivity contribution in [3.8, 4) is 0 Å². The minimum atomic E-state index is -0.273. The largest absolute Gasteiger partial charge is 0.461 e. The van der Waals surface area contributed by atoms with E-state index in [1.165, 1.54) is 0 Å². The van der Waals surface area contributed by atoms with Gasteiger partial charge in [0.15, 0.2) is 0 Å². The van der Waals surface area contributed by atoms with Crippen LogP contribution < -0.4 is 5.32 Å². The average molecular weight is 364 g/mol. The molecule has 1 N–H and O–H groups in total. The highest BCUT2D eigenvalue weighted by molar-refractivity contribution is 9.09. The van der Waals surface area contributed by atoms with Gasteiger partial charge in [-0.25, -0.2) is 0 Å². The van der Waals surface area contributed by atoms with Crippen molar-refractivity contribution in [1.29, 1.82) is 0 Å². The molecule has 5 heteroatoms. The van der Waals surface area contributed by atoms with Gasteiger partial charge in [0.05, 0.1) is 16.7 Å². The predicted octanol–water partition coefficient (Wildman–Crippen LogP) is 2.76. The summed E-state index contributed by atoms with van der Waals surface area (Å²) in [4.78, 5) is 25.0. The van der Waals surface area contributed by atoms with E-state index in [1.807, 2.05) is 24.3 Å². The van der Waals surface area contributed by atoms with Crippen molar-refractivity contribution in [2.24, 2.45) is 23.7 Å². The molecule has 0 radical (unpaired) electrons. The number of ether oxygens (including phenoxy) is 1. The Morgan fingerprint density at radius 1 is 1.36 bits per heavy atom. The van der Waals surface area contributed by atoms with E-state index in [0.717, 1.165) is 24.1 Å². The highest BCUT2D eigenvalue weighted by Crippen LogP contribution is 2.60. The summed E-state index contributed by atoms with van der Waals surface area (Å²) in [7, 11) is 0. The number of halogens is 1. The van der Waals surface area contributed by atoms with Crippen LogP contribution in [-0.4, -0.2) is 22.8 Å². The summed E-state index contributed by atoms with van der Waals surface area (Å²) in [5.74, 6) is -0.356. The summed E-state index contributed by atoms with van der Waals surface area (Å²) in [5, 5.41) is 3.04. The smallest absolute Gasteiger partial charge is 0.310 e. The van der Waals surface area contributed by atoms with Crippen LogP contribution in [0.1, 0.15) is 18.9 Å². The molecule has 1 aromatic rings. The molecule has 2 bridgehead atoms. The van der Waals surface area contributed by atoms with Crippen molar-refractivity contribution in [3.05, 3.63) is 29.8 Å². The molecule has 2 saturated carbocycles. The Balaban J connectivity index is 1.60. The molecule has 1 amide bonds. The first-order valence-corrected chi connectivity index (χ1v) is 8.76. The van der Waals surface area contributed by atoms with Gasteiger partial charge < -0.3 is 10.1 Å². The lowest BCUT2D eigenvalue weighted by Crippen LogP contribution is -2.40. The Kier molecular flexibility index (Phi) is 3.29. The number of hydrogen-bond donors (Lipinski definition) is 1. The minimum Gasteiger partial charge on any atom is -0.461 e. The summed E-state index contributed by atoms with van der Waals surface area (Å²) >= 11 is 3.64. The molecule has 22 heavy (non-hydrogen) atoms. The summed E-state index contributed by atoms with van der Waals surface area (Å²) in [6.07, 6.45) is 1.74. The van der Waals surface area contributed by atoms with E-state index in [1.54, 1.807) is 0 Å². The third-order valence-electron chi connectivity index (χ3n) is 5.48. The first-order valence-electron chi connectivity index (χ1n) is 7.85. The lowest BCUT2D eigenvalue weighted by molar-refractivity contribution is -0.145. The molecular weight excluding hydrogens is 346 g/mol. The number of carbonyl (C=O) groups is 2. The second kappa shape index (κ2) is 5.08. The molecular formula is C17H18BrNO3. The van der Waals surface area contributed by atoms with Gasteiger partial charge in [0.2, 0.25) is 5.91 Å². The van der Waals surface area contributed by atoms with Gasteiger partial charge in [-0.1, -0.05) is 41.1 Å². The number of hydrogen-bond acceptors (Lipinski definition) is 3. The third kappa shape index (κ3) is 1.87. The van der Waals surface area contributed by atoms with Gasteiger partial charge in [0, 0.05) is 11.6 Å². The van der Waals surface area contributed by atoms with Crippen molar-refractivity contribution in [2.75, 3.05) is 5.32 Å². The van der Waals surface area contributed by atoms with Crippen LogP contribution in [0.4, 0.5) is 5.69 Å². The second-order valence-electron chi connectivity index (χ2n) is 6.46. The third-order valence-corrected chi connectivity index (χ3v) is 6.68. The first kappa shape index (κ1) is 14.2. The molecule has 0 aromatic heterocycles. The zero-order valence-corrected chi connectivity index (χ0v) is 13.9. The minimum absolute atomic E-state index is 0.0329. The van der Waals surface area contributed by atoms with Gasteiger partial charge in [-0.3, -0.25) is 9.59 Å². The highest BCUT2D eigenvalue weighted by atomic mass is 79.9. The SMILES string of the molecule is CCc1ccccc1NC(=O)C1C2CC3C(OC(=O)C31)C2Br. The number of anilines is 1. The number of amides is 1. The van der Waals surface area contributed by atoms with Crippen molar-refractivity contribution in [3.63, 3.8) is 0 Å². The number of fused-ring (bicyclic) bond motifs is 1. The standard InChI is InChI=1S/C17H18BrNO3/c1-2-8-5-3-4-6-11(8)19-16(20)12-9-7-10-13(12)17(21)22-15(10)14(9)18/h3-6,9-10,12-15H,2,7H2,1H3,(H,19,20). The van der Waals surface area contributed by atoms with Gasteiger partial charge in [0.25, 0.3) is 0 Å². The Morgan fingerprint density at radius 3 is 2.91 bits per heavy atom. The summed E-state index contributed by atoms with van der Waals surface area (Å²) in [6, 6.07) is 7.83. The zero-order chi connectivity index (χ0) is 15.4. The fourth-order valence-corrected chi connectivity index (χ4v) is 5.54. The number of benzene rings is 1. The molecule has 6 unspecified atom stereocenters. The molecule has 116 valence electrons. The molecule has 3 fully saturated rings. The summed E-state index contributed by atoms with van der Waals surface area (Å²) in [5.41, 5.74) is 1.97. The van der Waals surface area contributed by atoms with Crippen LogP contribution in [0.15, 0.2) is 24.3 Å². The molecule has 4 rings (SSSR count). The van der Waals surface area contributed by atoms with Crippen LogP contribution in [0.2, 0.25) is 0 Å². The molecule has 6 atom stereocenters. The van der Waals surface area contributed by atoms with Gasteiger partial charge in [-0.05, 0) is 30.4 Å². The van der Waals surface area contributed by atoms with Crippen LogP contribution in [0, 0.1) is 23.7 Å². The van der Waals surface area contributed by atoms with Crippen molar-refractivity contribution in [2.45, 2.75) is 30.7 Å². The monoisotopic (exact) mass is 363 g/mol. The van der Waals surface area contributed by atoms with E-state index in [2.05, 4.69) is 28.2 Å². The Morgan fingerprint density at radius 2 is 2.14 bits per heavy atom. The Labute approximate surface area is 137 Å². The van der Waals surface area contributed by atoms with E-state index in [4.69, 9.17) is 4.74 Å². The maximum atomic E-state index is 12.8. The van der Waals surface area contributed by atoms with Crippen LogP contribution in [0.5, 0.6) is 0 Å². The fourth-order valence-electron chi connectivity index (χ4n) is 4.50. The summed E-state index contributed by atoms with van der Waals surface area (Å²) in [6.45, 7) is 2.07. The molecule has 3 aliphatic rings. The van der Waals surface area contributed by atoms with Crippen molar-refractivity contribution >= 4 is 33.5 Å². The first-order chi connectivity index (χ1) is 10.6. The molecule has 0 spiro atoms. The van der Waals surface area contributed by atoms with E-state index in [-0.39, 0.29) is 46.5 Å². The van der Waals surface area contributed by atoms with Crippen LogP contribution in [0.25, 0.3) is 0 Å². The molecule has 2 aliphatic carbocycles. The Hall–Kier alpha value is -1.36. The highest BCUT2D eigenvalue weighted by Gasteiger charge is 2.67. The topological polar surface area (TPSA) is 55.4 Å². The predicted molar refractivity (Wildman–Crippen MR) is 85.6 cm³/mol. The molecule has 1 aliphatic heterocycles. The van der Waals surface area contributed by atoms with Gasteiger partial charge in [-0.2, -0.15) is 0 Å². The normalized spacial score (nSPS) is 38.2. The van der Waals surface area contributed by atoms with Crippen LogP contribution >= 0.6 is 15.9 Å². The molecule has 1 heterocycles. The number of nitrogens with one attached hydrogen (secondary N) is 1. The maximum Gasteiger partial charge on any atom is 0.310 e. The quantitative estimate of drug-likeness (QED) is 0.663. The van der Waals surface area contributed by atoms with Gasteiger partial charge in [0.1, 0.15) is 6.10 Å². The van der Waals surface area contributed by atoms with E-state index < -0.39 is 0 Å². The number of alkyl halides is 1. The maximum absolute atomic E-state index is 12.8. The van der Waals surface area contributed by atoms with Gasteiger partial charge >= 0.3 is 5.97 Å². The average Bonchev–Trinajstić information content (AvgIpc) is 3.12. The number of carbonyl (C=O) groups excluding carboxylic acids is 2. The number of para-hydroxylation sites is 1. The van der Waals surface area contributed by atoms with E-state index in [0.29, 0.717) is 0 Å². The van der Waals surface area contributed by atoms with E-state index >= 15 is 0 Å². The van der Waals surface area contributed by atoms with Crippen molar-refractivity contribution in [1.82, 2.24) is 0 Å². The number of rotatable bonds is 3. The van der Waals surface area contributed by atoms with Gasteiger partial charge in [-0.15, -0.1) is 0 Å².